The topological polar surface area (TPSA) is 55.8 Å². The van der Waals surface area contributed by atoms with Gasteiger partial charge < -0.3 is 14.6 Å². The van der Waals surface area contributed by atoms with Crippen LogP contribution in [0.5, 0.6) is 0 Å². The maximum Gasteiger partial charge on any atom is 0.309 e. The van der Waals surface area contributed by atoms with E-state index in [4.69, 9.17) is 14.6 Å². The lowest BCUT2D eigenvalue weighted by Gasteiger charge is -2.19. The zero-order valence-electron chi connectivity index (χ0n) is 10.7. The van der Waals surface area contributed by atoms with Crippen LogP contribution in [-0.2, 0) is 20.7 Å². The molecule has 4 nitrogen and oxygen atoms in total. The number of carboxylic acid groups (broad SMARTS) is 1. The highest BCUT2D eigenvalue weighted by Gasteiger charge is 2.27. The van der Waals surface area contributed by atoms with E-state index in [2.05, 4.69) is 0 Å². The summed E-state index contributed by atoms with van der Waals surface area (Å²) < 4.78 is 10.6. The molecule has 1 atom stereocenters. The molecule has 1 N–H and O–H groups in total. The van der Waals surface area contributed by atoms with Crippen LogP contribution in [0.4, 0.5) is 0 Å². The minimum Gasteiger partial charge on any atom is -0.481 e. The molecule has 0 aliphatic carbocycles. The normalized spacial score (nSPS) is 20.0. The quantitative estimate of drug-likeness (QED) is 0.891. The fourth-order valence-corrected chi connectivity index (χ4v) is 1.96. The third-order valence-corrected chi connectivity index (χ3v) is 3.20. The molecule has 4 heteroatoms. The van der Waals surface area contributed by atoms with Crippen molar-refractivity contribution < 1.29 is 19.4 Å². The zero-order chi connectivity index (χ0) is 13.2. The molecule has 2 rings (SSSR count). The maximum atomic E-state index is 11.1. The number of benzene rings is 1. The predicted octanol–water partition coefficient (Wildman–Crippen LogP) is 2.39. The highest BCUT2D eigenvalue weighted by molar-refractivity contribution is 5.74. The summed E-state index contributed by atoms with van der Waals surface area (Å²) in [5.74, 6) is -0.779. The lowest BCUT2D eigenvalue weighted by molar-refractivity contribution is -0.146. The van der Waals surface area contributed by atoms with Crippen LogP contribution in [0.2, 0.25) is 0 Å². The molecule has 0 amide bonds. The van der Waals surface area contributed by atoms with Crippen LogP contribution in [0.15, 0.2) is 24.3 Å². The minimum atomic E-state index is -0.779. The van der Waals surface area contributed by atoms with Crippen LogP contribution in [0.25, 0.3) is 0 Å². The van der Waals surface area contributed by atoms with Crippen molar-refractivity contribution in [2.75, 3.05) is 13.4 Å². The number of hydrogen-bond acceptors (Lipinski definition) is 3. The summed E-state index contributed by atoms with van der Waals surface area (Å²) in [6.45, 7) is 4.40. The van der Waals surface area contributed by atoms with Crippen molar-refractivity contribution in [1.82, 2.24) is 0 Å². The van der Waals surface area contributed by atoms with E-state index in [-0.39, 0.29) is 6.10 Å². The average Bonchev–Trinajstić information content (AvgIpc) is 2.83. The molecule has 1 aliphatic heterocycles. The van der Waals surface area contributed by atoms with E-state index in [1.165, 1.54) is 0 Å². The molecule has 0 aromatic heterocycles. The van der Waals surface area contributed by atoms with Gasteiger partial charge in [0.25, 0.3) is 0 Å². The number of ether oxygens (including phenoxy) is 2. The first-order valence-corrected chi connectivity index (χ1v) is 6.00. The molecular weight excluding hydrogens is 232 g/mol. The van der Waals surface area contributed by atoms with Crippen molar-refractivity contribution in [1.29, 1.82) is 0 Å². The van der Waals surface area contributed by atoms with Crippen molar-refractivity contribution in [2.24, 2.45) is 5.41 Å². The first-order valence-electron chi connectivity index (χ1n) is 6.00. The minimum absolute atomic E-state index is 0.00605. The highest BCUT2D eigenvalue weighted by atomic mass is 16.7. The lowest BCUT2D eigenvalue weighted by atomic mass is 9.85. The second-order valence-corrected chi connectivity index (χ2v) is 5.25. The van der Waals surface area contributed by atoms with Gasteiger partial charge >= 0.3 is 5.97 Å². The molecule has 1 saturated heterocycles. The molecule has 18 heavy (non-hydrogen) atoms. The van der Waals surface area contributed by atoms with Crippen molar-refractivity contribution >= 4 is 5.97 Å². The first kappa shape index (κ1) is 13.1. The monoisotopic (exact) mass is 250 g/mol. The molecule has 98 valence electrons. The third-order valence-electron chi connectivity index (χ3n) is 3.20. The Labute approximate surface area is 107 Å². The molecule has 1 heterocycles. The van der Waals surface area contributed by atoms with Crippen LogP contribution in [-0.4, -0.2) is 24.5 Å². The van der Waals surface area contributed by atoms with Gasteiger partial charge in [-0.15, -0.1) is 0 Å². The van der Waals surface area contributed by atoms with E-state index in [1.54, 1.807) is 13.8 Å². The molecule has 0 spiro atoms. The number of rotatable bonds is 4. The number of aliphatic carboxylic acids is 1. The SMILES string of the molecule is CC(C)(Cc1ccc(C2COCO2)cc1)C(=O)O. The van der Waals surface area contributed by atoms with Gasteiger partial charge in [0.05, 0.1) is 12.0 Å². The van der Waals surface area contributed by atoms with Crippen LogP contribution >= 0.6 is 0 Å². The van der Waals surface area contributed by atoms with Crippen molar-refractivity contribution in [3.63, 3.8) is 0 Å². The van der Waals surface area contributed by atoms with E-state index in [1.807, 2.05) is 24.3 Å². The van der Waals surface area contributed by atoms with Gasteiger partial charge in [-0.2, -0.15) is 0 Å². The van der Waals surface area contributed by atoms with E-state index in [0.29, 0.717) is 19.8 Å². The first-order chi connectivity index (χ1) is 8.49. The maximum absolute atomic E-state index is 11.1. The van der Waals surface area contributed by atoms with Gasteiger partial charge in [0, 0.05) is 0 Å². The standard InChI is InChI=1S/C14H18O4/c1-14(2,13(15)16)7-10-3-5-11(6-4-10)12-8-17-9-18-12/h3-6,12H,7-9H2,1-2H3,(H,15,16). The second-order valence-electron chi connectivity index (χ2n) is 5.25. The molecule has 1 aliphatic rings. The van der Waals surface area contributed by atoms with Gasteiger partial charge in [-0.3, -0.25) is 4.79 Å². The summed E-state index contributed by atoms with van der Waals surface area (Å²) in [6, 6.07) is 7.88. The van der Waals surface area contributed by atoms with Crippen molar-refractivity contribution in [3.05, 3.63) is 35.4 Å². The summed E-state index contributed by atoms with van der Waals surface area (Å²) in [7, 11) is 0. The predicted molar refractivity (Wildman–Crippen MR) is 66.2 cm³/mol. The Bertz CT molecular complexity index is 416. The Morgan fingerprint density at radius 2 is 2.06 bits per heavy atom. The van der Waals surface area contributed by atoms with Gasteiger partial charge in [-0.1, -0.05) is 24.3 Å². The summed E-state index contributed by atoms with van der Waals surface area (Å²) in [5.41, 5.74) is 1.35. The molecule has 1 fully saturated rings. The molecule has 0 bridgehead atoms. The zero-order valence-corrected chi connectivity index (χ0v) is 10.7. The summed E-state index contributed by atoms with van der Waals surface area (Å²) in [6.07, 6.45) is 0.525. The number of carbonyl (C=O) groups is 1. The van der Waals surface area contributed by atoms with Crippen LogP contribution in [0.1, 0.15) is 31.1 Å². The van der Waals surface area contributed by atoms with Crippen molar-refractivity contribution in [2.45, 2.75) is 26.4 Å². The van der Waals surface area contributed by atoms with Crippen LogP contribution in [0, 0.1) is 5.41 Å². The fourth-order valence-electron chi connectivity index (χ4n) is 1.96. The van der Waals surface area contributed by atoms with Gasteiger partial charge in [0.1, 0.15) is 12.9 Å². The second kappa shape index (κ2) is 5.08. The molecule has 0 radical (unpaired) electrons. The lowest BCUT2D eigenvalue weighted by Crippen LogP contribution is -2.26. The molecular formula is C14H18O4. The van der Waals surface area contributed by atoms with E-state index in [9.17, 15) is 4.79 Å². The third kappa shape index (κ3) is 2.89. The Kier molecular flexibility index (Phi) is 3.68. The summed E-state index contributed by atoms with van der Waals surface area (Å²) >= 11 is 0. The number of carboxylic acids is 1. The fraction of sp³-hybridized carbons (Fsp3) is 0.500. The largest absolute Gasteiger partial charge is 0.481 e. The van der Waals surface area contributed by atoms with Crippen LogP contribution < -0.4 is 0 Å². The van der Waals surface area contributed by atoms with E-state index >= 15 is 0 Å². The van der Waals surface area contributed by atoms with Gasteiger partial charge in [-0.25, -0.2) is 0 Å². The average molecular weight is 250 g/mol. The van der Waals surface area contributed by atoms with Gasteiger partial charge in [0.15, 0.2) is 0 Å². The van der Waals surface area contributed by atoms with E-state index < -0.39 is 11.4 Å². The Morgan fingerprint density at radius 3 is 2.56 bits per heavy atom. The van der Waals surface area contributed by atoms with Gasteiger partial charge in [-0.05, 0) is 31.4 Å². The molecule has 1 unspecified atom stereocenters. The highest BCUT2D eigenvalue weighted by Crippen LogP contribution is 2.26. The number of hydrogen-bond donors (Lipinski definition) is 1. The summed E-state index contributed by atoms with van der Waals surface area (Å²) in [4.78, 5) is 11.1. The molecule has 0 saturated carbocycles. The Hall–Kier alpha value is -1.39. The smallest absolute Gasteiger partial charge is 0.309 e. The van der Waals surface area contributed by atoms with Crippen LogP contribution in [0.3, 0.4) is 0 Å². The van der Waals surface area contributed by atoms with Gasteiger partial charge in [0.2, 0.25) is 0 Å². The Balaban J connectivity index is 2.05. The van der Waals surface area contributed by atoms with E-state index in [0.717, 1.165) is 11.1 Å². The Morgan fingerprint density at radius 1 is 1.39 bits per heavy atom. The molecule has 1 aromatic rings. The molecule has 1 aromatic carbocycles. The summed E-state index contributed by atoms with van der Waals surface area (Å²) in [5, 5.41) is 9.09. The van der Waals surface area contributed by atoms with Crippen molar-refractivity contribution in [3.8, 4) is 0 Å².